The summed E-state index contributed by atoms with van der Waals surface area (Å²) >= 11 is 0. The fourth-order valence-corrected chi connectivity index (χ4v) is 4.27. The molecule has 0 heterocycles. The smallest absolute Gasteiger partial charge is 0.317 e. The lowest BCUT2D eigenvalue weighted by atomic mass is 9.83. The predicted octanol–water partition coefficient (Wildman–Crippen LogP) is 7.10. The lowest BCUT2D eigenvalue weighted by molar-refractivity contribution is -0.137. The molecule has 0 bridgehead atoms. The first-order valence-electron chi connectivity index (χ1n) is 10.7. The van der Waals surface area contributed by atoms with E-state index in [2.05, 4.69) is 12.2 Å². The van der Waals surface area contributed by atoms with Crippen LogP contribution in [-0.2, 0) is 12.7 Å². The number of carbonyl (C=O) groups is 1. The summed E-state index contributed by atoms with van der Waals surface area (Å²) in [6, 6.07) is 14.2. The normalized spacial score (nSPS) is 19.3. The highest BCUT2D eigenvalue weighted by molar-refractivity contribution is 5.89. The lowest BCUT2D eigenvalue weighted by Gasteiger charge is -2.37. The highest BCUT2D eigenvalue weighted by atomic mass is 19.4. The molecule has 0 radical (unpaired) electrons. The molecule has 0 spiro atoms. The Labute approximate surface area is 176 Å². The summed E-state index contributed by atoms with van der Waals surface area (Å²) in [4.78, 5) is 14.9. The zero-order valence-electron chi connectivity index (χ0n) is 17.3. The molecule has 1 aliphatic carbocycles. The quantitative estimate of drug-likeness (QED) is 0.533. The van der Waals surface area contributed by atoms with Crippen molar-refractivity contribution in [2.75, 3.05) is 5.32 Å². The topological polar surface area (TPSA) is 32.3 Å². The number of urea groups is 1. The van der Waals surface area contributed by atoms with Crippen LogP contribution in [-0.4, -0.2) is 17.0 Å². The maximum Gasteiger partial charge on any atom is 0.416 e. The van der Waals surface area contributed by atoms with E-state index < -0.39 is 11.7 Å². The summed E-state index contributed by atoms with van der Waals surface area (Å²) in [5.74, 6) is 0.705. The molecular weight excluding hydrogens is 389 g/mol. The van der Waals surface area contributed by atoms with Crippen LogP contribution in [0.15, 0.2) is 54.6 Å². The third kappa shape index (κ3) is 6.00. The van der Waals surface area contributed by atoms with Gasteiger partial charge in [0, 0.05) is 18.3 Å². The molecule has 0 saturated heterocycles. The van der Waals surface area contributed by atoms with E-state index in [1.807, 2.05) is 30.3 Å². The molecule has 1 saturated carbocycles. The molecule has 0 unspecified atom stereocenters. The van der Waals surface area contributed by atoms with Crippen molar-refractivity contribution >= 4 is 11.7 Å². The van der Waals surface area contributed by atoms with Gasteiger partial charge in [-0.15, -0.1) is 0 Å². The second-order valence-corrected chi connectivity index (χ2v) is 8.09. The highest BCUT2D eigenvalue weighted by Gasteiger charge is 2.31. The van der Waals surface area contributed by atoms with Crippen molar-refractivity contribution in [2.45, 2.75) is 64.2 Å². The SMILES string of the molecule is CCCC1CCC(N(Cc2ccccc2)C(=O)Nc2cccc(C(F)(F)F)c2)CC1. The molecule has 0 atom stereocenters. The molecule has 6 heteroatoms. The summed E-state index contributed by atoms with van der Waals surface area (Å²) in [6.07, 6.45) is 1.95. The number of hydrogen-bond acceptors (Lipinski definition) is 1. The van der Waals surface area contributed by atoms with Gasteiger partial charge in [0.25, 0.3) is 0 Å². The molecule has 2 aromatic carbocycles. The molecule has 0 aromatic heterocycles. The van der Waals surface area contributed by atoms with Gasteiger partial charge in [0.2, 0.25) is 0 Å². The van der Waals surface area contributed by atoms with Gasteiger partial charge in [-0.25, -0.2) is 4.79 Å². The number of nitrogens with zero attached hydrogens (tertiary/aromatic N) is 1. The Hall–Kier alpha value is -2.50. The summed E-state index contributed by atoms with van der Waals surface area (Å²) in [5.41, 5.74) is 0.398. The Bertz CT molecular complexity index is 815. The maximum absolute atomic E-state index is 13.1. The van der Waals surface area contributed by atoms with Crippen molar-refractivity contribution in [2.24, 2.45) is 5.92 Å². The average molecular weight is 419 g/mol. The number of benzene rings is 2. The first-order chi connectivity index (χ1) is 14.4. The second-order valence-electron chi connectivity index (χ2n) is 8.09. The fraction of sp³-hybridized carbons (Fsp3) is 0.458. The third-order valence-corrected chi connectivity index (χ3v) is 5.85. The Balaban J connectivity index is 1.75. The van der Waals surface area contributed by atoms with Gasteiger partial charge in [0.05, 0.1) is 5.56 Å². The van der Waals surface area contributed by atoms with E-state index in [-0.39, 0.29) is 17.8 Å². The minimum atomic E-state index is -4.44. The number of alkyl halides is 3. The molecule has 162 valence electrons. The van der Waals surface area contributed by atoms with Crippen molar-refractivity contribution in [1.82, 2.24) is 4.90 Å². The predicted molar refractivity (Wildman–Crippen MR) is 113 cm³/mol. The van der Waals surface area contributed by atoms with Crippen molar-refractivity contribution in [1.29, 1.82) is 0 Å². The van der Waals surface area contributed by atoms with Crippen molar-refractivity contribution in [3.05, 3.63) is 65.7 Å². The van der Waals surface area contributed by atoms with Crippen LogP contribution in [0.5, 0.6) is 0 Å². The lowest BCUT2D eigenvalue weighted by Crippen LogP contribution is -2.44. The molecular formula is C24H29F3N2O. The number of anilines is 1. The Morgan fingerprint density at radius 2 is 1.73 bits per heavy atom. The molecule has 3 nitrogen and oxygen atoms in total. The van der Waals surface area contributed by atoms with Crippen LogP contribution in [0.25, 0.3) is 0 Å². The van der Waals surface area contributed by atoms with E-state index in [1.54, 1.807) is 4.90 Å². The number of nitrogens with one attached hydrogen (secondary N) is 1. The van der Waals surface area contributed by atoms with Gasteiger partial charge in [0.15, 0.2) is 0 Å². The van der Waals surface area contributed by atoms with Gasteiger partial charge in [-0.05, 0) is 55.4 Å². The fourth-order valence-electron chi connectivity index (χ4n) is 4.27. The molecule has 1 N–H and O–H groups in total. The summed E-state index contributed by atoms with van der Waals surface area (Å²) < 4.78 is 39.1. The van der Waals surface area contributed by atoms with Gasteiger partial charge in [0.1, 0.15) is 0 Å². The van der Waals surface area contributed by atoms with Crippen LogP contribution in [0, 0.1) is 5.92 Å². The molecule has 1 aliphatic rings. The molecule has 0 aliphatic heterocycles. The average Bonchev–Trinajstić information content (AvgIpc) is 2.73. The first-order valence-corrected chi connectivity index (χ1v) is 10.7. The van der Waals surface area contributed by atoms with Crippen molar-refractivity contribution < 1.29 is 18.0 Å². The largest absolute Gasteiger partial charge is 0.416 e. The van der Waals surface area contributed by atoms with Gasteiger partial charge >= 0.3 is 12.2 Å². The minimum Gasteiger partial charge on any atom is -0.317 e. The summed E-state index contributed by atoms with van der Waals surface area (Å²) in [7, 11) is 0. The van der Waals surface area contributed by atoms with Crippen molar-refractivity contribution in [3.8, 4) is 0 Å². The molecule has 2 aromatic rings. The van der Waals surface area contributed by atoms with Crippen LogP contribution >= 0.6 is 0 Å². The molecule has 1 fully saturated rings. The van der Waals surface area contributed by atoms with Gasteiger partial charge in [-0.1, -0.05) is 56.2 Å². The van der Waals surface area contributed by atoms with Crippen LogP contribution in [0.1, 0.15) is 56.6 Å². The molecule has 2 amide bonds. The van der Waals surface area contributed by atoms with E-state index >= 15 is 0 Å². The van der Waals surface area contributed by atoms with Crippen LogP contribution in [0.4, 0.5) is 23.7 Å². The zero-order chi connectivity index (χ0) is 21.6. The van der Waals surface area contributed by atoms with Crippen LogP contribution < -0.4 is 5.32 Å². The van der Waals surface area contributed by atoms with E-state index in [1.165, 1.54) is 25.0 Å². The van der Waals surface area contributed by atoms with Gasteiger partial charge in [-0.3, -0.25) is 0 Å². The monoisotopic (exact) mass is 418 g/mol. The second kappa shape index (κ2) is 10.0. The Morgan fingerprint density at radius 1 is 1.03 bits per heavy atom. The number of carbonyl (C=O) groups excluding carboxylic acids is 1. The summed E-state index contributed by atoms with van der Waals surface area (Å²) in [5, 5.41) is 2.70. The summed E-state index contributed by atoms with van der Waals surface area (Å²) in [6.45, 7) is 2.63. The van der Waals surface area contributed by atoms with Crippen molar-refractivity contribution in [3.63, 3.8) is 0 Å². The Kier molecular flexibility index (Phi) is 7.40. The zero-order valence-corrected chi connectivity index (χ0v) is 17.3. The minimum absolute atomic E-state index is 0.0871. The number of hydrogen-bond donors (Lipinski definition) is 1. The van der Waals surface area contributed by atoms with E-state index in [4.69, 9.17) is 0 Å². The first kappa shape index (κ1) is 22.2. The molecule has 3 rings (SSSR count). The van der Waals surface area contributed by atoms with E-state index in [0.717, 1.165) is 43.4 Å². The van der Waals surface area contributed by atoms with Crippen LogP contribution in [0.2, 0.25) is 0 Å². The van der Waals surface area contributed by atoms with Gasteiger partial charge in [-0.2, -0.15) is 13.2 Å². The highest BCUT2D eigenvalue weighted by Crippen LogP contribution is 2.33. The van der Waals surface area contributed by atoms with Crippen LogP contribution in [0.3, 0.4) is 0 Å². The number of rotatable bonds is 6. The van der Waals surface area contributed by atoms with Gasteiger partial charge < -0.3 is 10.2 Å². The van der Waals surface area contributed by atoms with E-state index in [9.17, 15) is 18.0 Å². The van der Waals surface area contributed by atoms with E-state index in [0.29, 0.717) is 12.5 Å². The number of halogens is 3. The maximum atomic E-state index is 13.1. The molecule has 30 heavy (non-hydrogen) atoms. The third-order valence-electron chi connectivity index (χ3n) is 5.85. The number of amides is 2. The standard InChI is InChI=1S/C24H29F3N2O/c1-2-7-18-12-14-22(15-13-18)29(17-19-8-4-3-5-9-19)23(30)28-21-11-6-10-20(16-21)24(25,26)27/h3-6,8-11,16,18,22H,2,7,12-15,17H2,1H3,(H,28,30). The Morgan fingerprint density at radius 3 is 2.37 bits per heavy atom.